The molecule has 0 aromatic heterocycles. The molecule has 0 spiro atoms. The Balaban J connectivity index is 2.73. The second-order valence-corrected chi connectivity index (χ2v) is 3.89. The number of hydrogen-bond acceptors (Lipinski definition) is 2. The van der Waals surface area contributed by atoms with Crippen LogP contribution < -0.4 is 5.73 Å². The summed E-state index contributed by atoms with van der Waals surface area (Å²) in [5.41, 5.74) is 7.31. The Labute approximate surface area is 99.2 Å². The third-order valence-electron chi connectivity index (χ3n) is 2.58. The molecule has 0 atom stereocenters. The van der Waals surface area contributed by atoms with Crippen molar-refractivity contribution in [2.75, 3.05) is 13.1 Å². The lowest BCUT2D eigenvalue weighted by Crippen LogP contribution is -2.34. The summed E-state index contributed by atoms with van der Waals surface area (Å²) in [5, 5.41) is 0. The molecule has 0 aliphatic carbocycles. The van der Waals surface area contributed by atoms with E-state index in [2.05, 4.69) is 0 Å². The quantitative estimate of drug-likeness (QED) is 0.865. The molecule has 1 rings (SSSR count). The minimum atomic E-state index is -4.16. The maximum Gasteiger partial charge on any atom is 0.401 e. The zero-order valence-corrected chi connectivity index (χ0v) is 9.80. The molecule has 0 saturated carbocycles. The Morgan fingerprint density at radius 3 is 2.24 bits per heavy atom. The highest BCUT2D eigenvalue weighted by Crippen LogP contribution is 2.19. The maximum atomic E-state index is 12.3. The normalized spacial score (nSPS) is 12.1. The SMILES string of the molecule is CCN(Cc1ccccc1CN)CC(F)(F)F. The van der Waals surface area contributed by atoms with E-state index in [-0.39, 0.29) is 6.54 Å². The number of nitrogens with two attached hydrogens (primary N) is 1. The molecule has 0 aliphatic heterocycles. The summed E-state index contributed by atoms with van der Waals surface area (Å²) < 4.78 is 36.9. The van der Waals surface area contributed by atoms with Crippen LogP contribution in [-0.4, -0.2) is 24.2 Å². The summed E-state index contributed by atoms with van der Waals surface area (Å²) in [6.07, 6.45) is -4.16. The molecule has 17 heavy (non-hydrogen) atoms. The number of hydrogen-bond donors (Lipinski definition) is 1. The predicted octanol–water partition coefficient (Wildman–Crippen LogP) is 2.53. The van der Waals surface area contributed by atoms with Gasteiger partial charge < -0.3 is 5.73 Å². The Kier molecular flexibility index (Phi) is 4.96. The summed E-state index contributed by atoms with van der Waals surface area (Å²) in [6.45, 7) is 1.82. The molecule has 5 heteroatoms. The number of rotatable bonds is 5. The van der Waals surface area contributed by atoms with Crippen LogP contribution in [0.4, 0.5) is 13.2 Å². The van der Waals surface area contributed by atoms with Crippen molar-refractivity contribution in [3.63, 3.8) is 0 Å². The molecular formula is C12H17F3N2. The van der Waals surface area contributed by atoms with Gasteiger partial charge in [0.1, 0.15) is 0 Å². The predicted molar refractivity (Wildman–Crippen MR) is 61.3 cm³/mol. The minimum absolute atomic E-state index is 0.281. The van der Waals surface area contributed by atoms with Crippen molar-refractivity contribution in [2.24, 2.45) is 5.73 Å². The van der Waals surface area contributed by atoms with E-state index in [1.807, 2.05) is 24.3 Å². The van der Waals surface area contributed by atoms with Crippen molar-refractivity contribution in [1.29, 1.82) is 0 Å². The lowest BCUT2D eigenvalue weighted by Gasteiger charge is -2.23. The molecule has 2 nitrogen and oxygen atoms in total. The van der Waals surface area contributed by atoms with E-state index in [0.717, 1.165) is 11.1 Å². The number of benzene rings is 1. The molecule has 0 bridgehead atoms. The lowest BCUT2D eigenvalue weighted by atomic mass is 10.1. The van der Waals surface area contributed by atoms with Gasteiger partial charge in [-0.2, -0.15) is 13.2 Å². The van der Waals surface area contributed by atoms with Crippen LogP contribution >= 0.6 is 0 Å². The molecule has 0 radical (unpaired) electrons. The second-order valence-electron chi connectivity index (χ2n) is 3.89. The van der Waals surface area contributed by atoms with Crippen molar-refractivity contribution in [3.8, 4) is 0 Å². The van der Waals surface area contributed by atoms with Crippen LogP contribution in [0.1, 0.15) is 18.1 Å². The first-order chi connectivity index (χ1) is 7.96. The molecule has 0 saturated heterocycles. The van der Waals surface area contributed by atoms with E-state index < -0.39 is 12.7 Å². The van der Waals surface area contributed by atoms with Gasteiger partial charge in [0.2, 0.25) is 0 Å². The average Bonchev–Trinajstić information content (AvgIpc) is 2.27. The van der Waals surface area contributed by atoms with Crippen molar-refractivity contribution >= 4 is 0 Å². The van der Waals surface area contributed by atoms with Crippen LogP contribution in [0.3, 0.4) is 0 Å². The first-order valence-electron chi connectivity index (χ1n) is 5.52. The van der Waals surface area contributed by atoms with Crippen molar-refractivity contribution in [1.82, 2.24) is 4.90 Å². The third kappa shape index (κ3) is 4.75. The van der Waals surface area contributed by atoms with Gasteiger partial charge in [0.25, 0.3) is 0 Å². The summed E-state index contributed by atoms with van der Waals surface area (Å²) in [4.78, 5) is 1.36. The van der Waals surface area contributed by atoms with Gasteiger partial charge in [-0.1, -0.05) is 31.2 Å². The number of nitrogens with zero attached hydrogens (tertiary/aromatic N) is 1. The second kappa shape index (κ2) is 6.02. The van der Waals surface area contributed by atoms with Gasteiger partial charge in [-0.05, 0) is 17.7 Å². The molecule has 2 N–H and O–H groups in total. The zero-order chi connectivity index (χ0) is 12.9. The average molecular weight is 246 g/mol. The fourth-order valence-electron chi connectivity index (χ4n) is 1.68. The van der Waals surface area contributed by atoms with Crippen LogP contribution in [0.5, 0.6) is 0 Å². The highest BCUT2D eigenvalue weighted by atomic mass is 19.4. The molecular weight excluding hydrogens is 229 g/mol. The number of halogens is 3. The summed E-state index contributed by atoms with van der Waals surface area (Å²) in [5.74, 6) is 0. The summed E-state index contributed by atoms with van der Waals surface area (Å²) in [6, 6.07) is 7.32. The van der Waals surface area contributed by atoms with Crippen molar-refractivity contribution in [2.45, 2.75) is 26.2 Å². The molecule has 0 fully saturated rings. The van der Waals surface area contributed by atoms with E-state index in [0.29, 0.717) is 13.1 Å². The smallest absolute Gasteiger partial charge is 0.326 e. The monoisotopic (exact) mass is 246 g/mol. The molecule has 1 aromatic rings. The summed E-state index contributed by atoms with van der Waals surface area (Å²) >= 11 is 0. The van der Waals surface area contributed by atoms with Crippen molar-refractivity contribution in [3.05, 3.63) is 35.4 Å². The molecule has 0 aliphatic rings. The topological polar surface area (TPSA) is 29.3 Å². The highest BCUT2D eigenvalue weighted by molar-refractivity contribution is 5.26. The fourth-order valence-corrected chi connectivity index (χ4v) is 1.68. The van der Waals surface area contributed by atoms with E-state index in [1.54, 1.807) is 6.92 Å². The van der Waals surface area contributed by atoms with E-state index in [9.17, 15) is 13.2 Å². The standard InChI is InChI=1S/C12H17F3N2/c1-2-17(9-12(13,14)15)8-11-6-4-3-5-10(11)7-16/h3-6H,2,7-9,16H2,1H3. The molecule has 0 unspecified atom stereocenters. The third-order valence-corrected chi connectivity index (χ3v) is 2.58. The Morgan fingerprint density at radius 2 is 1.76 bits per heavy atom. The van der Waals surface area contributed by atoms with Gasteiger partial charge in [0.15, 0.2) is 0 Å². The maximum absolute atomic E-state index is 12.3. The van der Waals surface area contributed by atoms with Crippen LogP contribution in [0, 0.1) is 0 Å². The zero-order valence-electron chi connectivity index (χ0n) is 9.80. The molecule has 1 aromatic carbocycles. The number of alkyl halides is 3. The van der Waals surface area contributed by atoms with Crippen LogP contribution in [0.2, 0.25) is 0 Å². The molecule has 0 heterocycles. The van der Waals surface area contributed by atoms with E-state index >= 15 is 0 Å². The first-order valence-corrected chi connectivity index (χ1v) is 5.52. The Bertz CT molecular complexity index is 350. The lowest BCUT2D eigenvalue weighted by molar-refractivity contribution is -0.146. The fraction of sp³-hybridized carbons (Fsp3) is 0.500. The van der Waals surface area contributed by atoms with Gasteiger partial charge in [-0.15, -0.1) is 0 Å². The minimum Gasteiger partial charge on any atom is -0.326 e. The molecule has 96 valence electrons. The van der Waals surface area contributed by atoms with Crippen LogP contribution in [0.25, 0.3) is 0 Å². The Hall–Kier alpha value is -1.07. The largest absolute Gasteiger partial charge is 0.401 e. The van der Waals surface area contributed by atoms with Gasteiger partial charge in [-0.3, -0.25) is 4.90 Å². The summed E-state index contributed by atoms with van der Waals surface area (Å²) in [7, 11) is 0. The first kappa shape index (κ1) is 14.0. The Morgan fingerprint density at radius 1 is 1.18 bits per heavy atom. The molecule has 0 amide bonds. The highest BCUT2D eigenvalue weighted by Gasteiger charge is 2.30. The van der Waals surface area contributed by atoms with Gasteiger partial charge in [-0.25, -0.2) is 0 Å². The van der Waals surface area contributed by atoms with Crippen molar-refractivity contribution < 1.29 is 13.2 Å². The van der Waals surface area contributed by atoms with Crippen LogP contribution in [0.15, 0.2) is 24.3 Å². The van der Waals surface area contributed by atoms with Gasteiger partial charge >= 0.3 is 6.18 Å². The van der Waals surface area contributed by atoms with Gasteiger partial charge in [0, 0.05) is 13.1 Å². The van der Waals surface area contributed by atoms with Gasteiger partial charge in [0.05, 0.1) is 6.54 Å². The van der Waals surface area contributed by atoms with E-state index in [1.165, 1.54) is 4.90 Å². The van der Waals surface area contributed by atoms with E-state index in [4.69, 9.17) is 5.73 Å². The van der Waals surface area contributed by atoms with Crippen LogP contribution in [-0.2, 0) is 13.1 Å².